The zero-order valence-electron chi connectivity index (χ0n) is 20.0. The van der Waals surface area contributed by atoms with Crippen LogP contribution in [0.5, 0.6) is 5.75 Å². The third kappa shape index (κ3) is 9.82. The van der Waals surface area contributed by atoms with Gasteiger partial charge < -0.3 is 19.8 Å². The van der Waals surface area contributed by atoms with Gasteiger partial charge in [0.1, 0.15) is 16.3 Å². The third-order valence-electron chi connectivity index (χ3n) is 4.61. The number of alkyl halides is 6. The highest BCUT2D eigenvalue weighted by Crippen LogP contribution is 2.45. The van der Waals surface area contributed by atoms with Crippen LogP contribution in [-0.4, -0.2) is 63.8 Å². The van der Waals surface area contributed by atoms with Crippen LogP contribution in [0, 0.1) is 5.92 Å². The van der Waals surface area contributed by atoms with E-state index in [0.717, 1.165) is 4.90 Å². The molecule has 0 aliphatic rings. The summed E-state index contributed by atoms with van der Waals surface area (Å²) in [4.78, 5) is 13.6. The average Bonchev–Trinajstić information content (AvgIpc) is 3.16. The second kappa shape index (κ2) is 12.5. The van der Waals surface area contributed by atoms with E-state index in [2.05, 4.69) is 15.0 Å². The van der Waals surface area contributed by atoms with E-state index >= 15 is 0 Å². The monoisotopic (exact) mass is 569 g/mol. The number of imidazole rings is 1. The summed E-state index contributed by atoms with van der Waals surface area (Å²) in [6.07, 6.45) is -11.6. The Labute approximate surface area is 214 Å². The number of nitrogen functional groups attached to an aromatic ring is 1. The number of anilines is 1. The zero-order valence-corrected chi connectivity index (χ0v) is 21.7. The number of halogens is 6. The molecule has 0 aliphatic heterocycles. The van der Waals surface area contributed by atoms with E-state index < -0.39 is 38.9 Å². The van der Waals surface area contributed by atoms with E-state index in [1.807, 2.05) is 38.1 Å². The molecule has 0 radical (unpaired) electrons. The fourth-order valence-electron chi connectivity index (χ4n) is 3.18. The number of ether oxygens (including phenoxy) is 2. The average molecular weight is 570 g/mol. The smallest absolute Gasteiger partial charge is 0.392 e. The van der Waals surface area contributed by atoms with Gasteiger partial charge in [0.2, 0.25) is 5.95 Å². The van der Waals surface area contributed by atoms with Crippen molar-refractivity contribution in [1.82, 2.24) is 19.5 Å². The van der Waals surface area contributed by atoms with Crippen molar-refractivity contribution in [3.05, 3.63) is 30.6 Å². The molecule has 0 saturated heterocycles. The summed E-state index contributed by atoms with van der Waals surface area (Å²) in [6.45, 7) is 4.65. The molecule has 15 heteroatoms. The lowest BCUT2D eigenvalue weighted by atomic mass is 10.2. The Balaban J connectivity index is 1.67. The molecule has 0 atom stereocenters. The van der Waals surface area contributed by atoms with Crippen molar-refractivity contribution < 1.29 is 35.8 Å². The standard InChI is InChI=1S/C22H26F6N5O2PS/c1-14(2)9-35-15-4-3-5-16(8-15)37-19-17-18(31-20(29)32-19)33(12-30-17)6-7-34-13-36(10-21(23,24)25)11-22(26,27)28/h3-5,8,12,14H,6-7,9-11,13H2,1-2H3,(H2,29,31,32). The van der Waals surface area contributed by atoms with Gasteiger partial charge in [-0.1, -0.05) is 39.6 Å². The largest absolute Gasteiger partial charge is 0.493 e. The van der Waals surface area contributed by atoms with Gasteiger partial charge in [0.25, 0.3) is 0 Å². The van der Waals surface area contributed by atoms with Gasteiger partial charge in [-0.25, -0.2) is 9.97 Å². The highest BCUT2D eigenvalue weighted by molar-refractivity contribution is 7.99. The normalized spacial score (nSPS) is 12.7. The van der Waals surface area contributed by atoms with Gasteiger partial charge in [-0.15, -0.1) is 0 Å². The summed E-state index contributed by atoms with van der Waals surface area (Å²) >= 11 is 1.31. The Hall–Kier alpha value is -2.31. The van der Waals surface area contributed by atoms with Crippen molar-refractivity contribution in [3.63, 3.8) is 0 Å². The number of nitrogens with two attached hydrogens (primary N) is 1. The molecule has 1 aromatic carbocycles. The van der Waals surface area contributed by atoms with Gasteiger partial charge in [-0.2, -0.15) is 31.3 Å². The van der Waals surface area contributed by atoms with Crippen molar-refractivity contribution in [2.45, 2.75) is 42.7 Å². The van der Waals surface area contributed by atoms with Gasteiger partial charge in [0.05, 0.1) is 38.2 Å². The van der Waals surface area contributed by atoms with Crippen LogP contribution in [0.4, 0.5) is 32.3 Å². The SMILES string of the molecule is CC(C)COc1cccc(Sc2nc(N)nc3c2ncn3CCOCP(CC(F)(F)F)CC(F)(F)F)c1. The lowest BCUT2D eigenvalue weighted by molar-refractivity contribution is -0.112. The maximum absolute atomic E-state index is 12.7. The van der Waals surface area contributed by atoms with E-state index in [9.17, 15) is 26.3 Å². The number of fused-ring (bicyclic) bond motifs is 1. The highest BCUT2D eigenvalue weighted by Gasteiger charge is 2.38. The van der Waals surface area contributed by atoms with E-state index in [0.29, 0.717) is 34.5 Å². The van der Waals surface area contributed by atoms with E-state index in [-0.39, 0.29) is 19.1 Å². The lowest BCUT2D eigenvalue weighted by Crippen LogP contribution is -2.22. The summed E-state index contributed by atoms with van der Waals surface area (Å²) in [7, 11) is -2.44. The van der Waals surface area contributed by atoms with Gasteiger partial charge in [-0.05, 0) is 24.1 Å². The summed E-state index contributed by atoms with van der Waals surface area (Å²) in [5.41, 5.74) is 6.71. The molecular weight excluding hydrogens is 543 g/mol. The second-order valence-electron chi connectivity index (χ2n) is 8.53. The number of hydrogen-bond acceptors (Lipinski definition) is 7. The molecule has 0 spiro atoms. The summed E-state index contributed by atoms with van der Waals surface area (Å²) in [6, 6.07) is 7.44. The molecule has 0 fully saturated rings. The molecule has 0 amide bonds. The van der Waals surface area contributed by atoms with Crippen molar-refractivity contribution in [1.29, 1.82) is 0 Å². The van der Waals surface area contributed by atoms with Crippen molar-refractivity contribution in [3.8, 4) is 5.75 Å². The number of aromatic nitrogens is 4. The van der Waals surface area contributed by atoms with Crippen LogP contribution in [0.25, 0.3) is 11.2 Å². The number of benzene rings is 1. The molecule has 2 aromatic heterocycles. The summed E-state index contributed by atoms with van der Waals surface area (Å²) in [5, 5.41) is 0.488. The Bertz CT molecular complexity index is 1160. The van der Waals surface area contributed by atoms with E-state index in [4.69, 9.17) is 15.2 Å². The first-order valence-electron chi connectivity index (χ1n) is 11.1. The van der Waals surface area contributed by atoms with Crippen LogP contribution < -0.4 is 10.5 Å². The summed E-state index contributed by atoms with van der Waals surface area (Å²) in [5.74, 6) is 1.06. The topological polar surface area (TPSA) is 88.1 Å². The predicted molar refractivity (Wildman–Crippen MR) is 130 cm³/mol. The van der Waals surface area contributed by atoms with Crippen LogP contribution in [0.2, 0.25) is 0 Å². The van der Waals surface area contributed by atoms with Crippen LogP contribution in [0.3, 0.4) is 0 Å². The molecule has 2 N–H and O–H groups in total. The maximum atomic E-state index is 12.7. The van der Waals surface area contributed by atoms with Gasteiger partial charge >= 0.3 is 12.4 Å². The Morgan fingerprint density at radius 1 is 1.08 bits per heavy atom. The molecule has 0 bridgehead atoms. The minimum atomic E-state index is -4.69. The minimum Gasteiger partial charge on any atom is -0.493 e. The fourth-order valence-corrected chi connectivity index (χ4v) is 5.80. The van der Waals surface area contributed by atoms with Gasteiger partial charge in [0.15, 0.2) is 5.65 Å². The van der Waals surface area contributed by atoms with Crippen LogP contribution in [0.1, 0.15) is 13.8 Å². The zero-order chi connectivity index (χ0) is 27.2. The molecule has 0 saturated carbocycles. The number of nitrogens with zero attached hydrogens (tertiary/aromatic N) is 4. The molecule has 0 unspecified atom stereocenters. The quantitative estimate of drug-likeness (QED) is 0.121. The predicted octanol–water partition coefficient (Wildman–Crippen LogP) is 6.18. The van der Waals surface area contributed by atoms with Crippen LogP contribution in [-0.2, 0) is 11.3 Å². The Kier molecular flexibility index (Phi) is 9.87. The van der Waals surface area contributed by atoms with Crippen LogP contribution >= 0.6 is 19.7 Å². The number of rotatable bonds is 12. The van der Waals surface area contributed by atoms with Gasteiger partial charge in [-0.3, -0.25) is 0 Å². The van der Waals surface area contributed by atoms with Crippen molar-refractivity contribution in [2.75, 3.05) is 37.6 Å². The van der Waals surface area contributed by atoms with Gasteiger partial charge in [0, 0.05) is 11.4 Å². The maximum Gasteiger partial charge on any atom is 0.392 e. The Morgan fingerprint density at radius 2 is 1.78 bits per heavy atom. The number of hydrogen-bond donors (Lipinski definition) is 1. The van der Waals surface area contributed by atoms with E-state index in [1.165, 1.54) is 18.1 Å². The molecule has 0 aliphatic carbocycles. The first kappa shape index (κ1) is 29.2. The van der Waals surface area contributed by atoms with Crippen molar-refractivity contribution >= 4 is 36.8 Å². The molecule has 204 valence electrons. The Morgan fingerprint density at radius 3 is 2.43 bits per heavy atom. The first-order valence-corrected chi connectivity index (χ1v) is 13.8. The second-order valence-corrected chi connectivity index (χ2v) is 11.8. The molecule has 7 nitrogen and oxygen atoms in total. The summed E-state index contributed by atoms with van der Waals surface area (Å²) < 4.78 is 88.5. The first-order chi connectivity index (χ1) is 17.3. The third-order valence-corrected chi connectivity index (χ3v) is 7.74. The minimum absolute atomic E-state index is 0.0104. The van der Waals surface area contributed by atoms with E-state index in [1.54, 1.807) is 4.57 Å². The molecule has 2 heterocycles. The van der Waals surface area contributed by atoms with Crippen molar-refractivity contribution in [2.24, 2.45) is 5.92 Å². The highest BCUT2D eigenvalue weighted by atomic mass is 32.2. The molecule has 3 aromatic rings. The van der Waals surface area contributed by atoms with Crippen LogP contribution in [0.15, 0.2) is 40.5 Å². The lowest BCUT2D eigenvalue weighted by Gasteiger charge is -2.20. The fraction of sp³-hybridized carbons (Fsp3) is 0.500. The molecule has 3 rings (SSSR count). The molecule has 37 heavy (non-hydrogen) atoms. The molecular formula is C22H26F6N5O2PS.